The highest BCUT2D eigenvalue weighted by atomic mass is 16.4. The van der Waals surface area contributed by atoms with Crippen molar-refractivity contribution in [2.45, 2.75) is 31.3 Å². The second-order valence-electron chi connectivity index (χ2n) is 5.26. The molecular weight excluding hydrogens is 244 g/mol. The van der Waals surface area contributed by atoms with Crippen LogP contribution in [0.1, 0.15) is 29.6 Å². The van der Waals surface area contributed by atoms with Crippen LogP contribution in [0.3, 0.4) is 0 Å². The summed E-state index contributed by atoms with van der Waals surface area (Å²) in [7, 11) is 0. The minimum atomic E-state index is -0.997. The SMILES string of the molecule is Nc1cnc(NC2CCN3CCCC23)c(C(=O)O)c1. The van der Waals surface area contributed by atoms with E-state index in [0.29, 0.717) is 17.5 Å². The van der Waals surface area contributed by atoms with Crippen LogP contribution >= 0.6 is 0 Å². The summed E-state index contributed by atoms with van der Waals surface area (Å²) >= 11 is 0. The summed E-state index contributed by atoms with van der Waals surface area (Å²) in [6.07, 6.45) is 4.94. The number of anilines is 2. The van der Waals surface area contributed by atoms with E-state index in [2.05, 4.69) is 15.2 Å². The molecule has 102 valence electrons. The third kappa shape index (κ3) is 2.23. The van der Waals surface area contributed by atoms with Crippen LogP contribution < -0.4 is 11.1 Å². The number of fused-ring (bicyclic) bond motifs is 1. The quantitative estimate of drug-likeness (QED) is 0.753. The number of aromatic carboxylic acids is 1. The number of carboxylic acids is 1. The zero-order valence-electron chi connectivity index (χ0n) is 10.7. The third-order valence-corrected chi connectivity index (χ3v) is 4.07. The average Bonchev–Trinajstić information content (AvgIpc) is 2.96. The lowest BCUT2D eigenvalue weighted by molar-refractivity contribution is 0.0697. The van der Waals surface area contributed by atoms with Gasteiger partial charge in [-0.05, 0) is 31.9 Å². The topological polar surface area (TPSA) is 91.5 Å². The highest BCUT2D eigenvalue weighted by Gasteiger charge is 2.37. The van der Waals surface area contributed by atoms with Gasteiger partial charge in [-0.3, -0.25) is 4.90 Å². The monoisotopic (exact) mass is 262 g/mol. The minimum Gasteiger partial charge on any atom is -0.478 e. The smallest absolute Gasteiger partial charge is 0.339 e. The van der Waals surface area contributed by atoms with E-state index in [9.17, 15) is 9.90 Å². The van der Waals surface area contributed by atoms with Gasteiger partial charge in [-0.25, -0.2) is 9.78 Å². The Bertz CT molecular complexity index is 505. The number of aromatic nitrogens is 1. The molecule has 3 rings (SSSR count). The van der Waals surface area contributed by atoms with Gasteiger partial charge < -0.3 is 16.2 Å². The number of carboxylic acid groups (broad SMARTS) is 1. The van der Waals surface area contributed by atoms with E-state index in [1.54, 1.807) is 0 Å². The van der Waals surface area contributed by atoms with Crippen molar-refractivity contribution in [3.63, 3.8) is 0 Å². The number of nitrogens with one attached hydrogen (secondary N) is 1. The fourth-order valence-corrected chi connectivity index (χ4v) is 3.19. The molecule has 0 aromatic carbocycles. The summed E-state index contributed by atoms with van der Waals surface area (Å²) in [5, 5.41) is 12.5. The first-order chi connectivity index (χ1) is 9.15. The van der Waals surface area contributed by atoms with Crippen molar-refractivity contribution in [3.05, 3.63) is 17.8 Å². The molecule has 0 radical (unpaired) electrons. The van der Waals surface area contributed by atoms with Gasteiger partial charge in [-0.2, -0.15) is 0 Å². The van der Waals surface area contributed by atoms with E-state index >= 15 is 0 Å². The number of nitrogen functional groups attached to an aromatic ring is 1. The zero-order valence-corrected chi connectivity index (χ0v) is 10.7. The molecule has 2 unspecified atom stereocenters. The Morgan fingerprint density at radius 2 is 2.32 bits per heavy atom. The summed E-state index contributed by atoms with van der Waals surface area (Å²) in [5.41, 5.74) is 6.12. The highest BCUT2D eigenvalue weighted by Crippen LogP contribution is 2.30. The van der Waals surface area contributed by atoms with Gasteiger partial charge in [0.15, 0.2) is 0 Å². The summed E-state index contributed by atoms with van der Waals surface area (Å²) in [4.78, 5) is 17.8. The van der Waals surface area contributed by atoms with E-state index in [4.69, 9.17) is 5.73 Å². The Morgan fingerprint density at radius 1 is 1.47 bits per heavy atom. The molecule has 6 nitrogen and oxygen atoms in total. The molecule has 1 aromatic heterocycles. The fourth-order valence-electron chi connectivity index (χ4n) is 3.19. The number of nitrogens with zero attached hydrogens (tertiary/aromatic N) is 2. The Balaban J connectivity index is 1.81. The normalized spacial score (nSPS) is 26.3. The average molecular weight is 262 g/mol. The molecule has 3 heterocycles. The largest absolute Gasteiger partial charge is 0.478 e. The van der Waals surface area contributed by atoms with Crippen LogP contribution in [-0.2, 0) is 0 Å². The Hall–Kier alpha value is -1.82. The number of carbonyl (C=O) groups is 1. The van der Waals surface area contributed by atoms with E-state index in [1.165, 1.54) is 25.1 Å². The van der Waals surface area contributed by atoms with Gasteiger partial charge in [-0.15, -0.1) is 0 Å². The van der Waals surface area contributed by atoms with Crippen molar-refractivity contribution in [2.24, 2.45) is 0 Å². The molecule has 2 aliphatic rings. The maximum absolute atomic E-state index is 11.2. The summed E-state index contributed by atoms with van der Waals surface area (Å²) in [6.45, 7) is 2.24. The van der Waals surface area contributed by atoms with Gasteiger partial charge in [-0.1, -0.05) is 0 Å². The molecule has 0 bridgehead atoms. The van der Waals surface area contributed by atoms with Crippen LogP contribution in [0.15, 0.2) is 12.3 Å². The van der Waals surface area contributed by atoms with Crippen molar-refractivity contribution in [2.75, 3.05) is 24.1 Å². The van der Waals surface area contributed by atoms with Crippen LogP contribution in [0.4, 0.5) is 11.5 Å². The molecule has 2 fully saturated rings. The van der Waals surface area contributed by atoms with E-state index in [0.717, 1.165) is 19.5 Å². The van der Waals surface area contributed by atoms with Gasteiger partial charge in [0, 0.05) is 18.6 Å². The highest BCUT2D eigenvalue weighted by molar-refractivity contribution is 5.94. The number of hydrogen-bond acceptors (Lipinski definition) is 5. The lowest BCUT2D eigenvalue weighted by Crippen LogP contribution is -2.34. The number of hydrogen-bond donors (Lipinski definition) is 3. The van der Waals surface area contributed by atoms with Crippen LogP contribution in [-0.4, -0.2) is 46.1 Å². The first-order valence-electron chi connectivity index (χ1n) is 6.64. The Kier molecular flexibility index (Phi) is 3.02. The maximum Gasteiger partial charge on any atom is 0.339 e. The zero-order chi connectivity index (χ0) is 13.4. The fraction of sp³-hybridized carbons (Fsp3) is 0.538. The van der Waals surface area contributed by atoms with Crippen LogP contribution in [0, 0.1) is 0 Å². The van der Waals surface area contributed by atoms with Crippen molar-refractivity contribution >= 4 is 17.5 Å². The minimum absolute atomic E-state index is 0.149. The van der Waals surface area contributed by atoms with Crippen molar-refractivity contribution in [1.29, 1.82) is 0 Å². The standard InChI is InChI=1S/C13H18N4O2/c14-8-6-9(13(18)19)12(15-7-8)16-10-3-5-17-4-1-2-11(10)17/h6-7,10-11H,1-5,14H2,(H,15,16)(H,18,19). The van der Waals surface area contributed by atoms with Crippen LogP contribution in [0.2, 0.25) is 0 Å². The van der Waals surface area contributed by atoms with Gasteiger partial charge >= 0.3 is 5.97 Å². The van der Waals surface area contributed by atoms with Gasteiger partial charge in [0.25, 0.3) is 0 Å². The molecule has 0 aliphatic carbocycles. The molecule has 2 saturated heterocycles. The summed E-state index contributed by atoms with van der Waals surface area (Å²) < 4.78 is 0. The molecule has 6 heteroatoms. The van der Waals surface area contributed by atoms with E-state index in [-0.39, 0.29) is 11.6 Å². The third-order valence-electron chi connectivity index (χ3n) is 4.07. The molecule has 4 N–H and O–H groups in total. The van der Waals surface area contributed by atoms with Gasteiger partial charge in [0.2, 0.25) is 0 Å². The predicted molar refractivity (Wildman–Crippen MR) is 72.2 cm³/mol. The van der Waals surface area contributed by atoms with E-state index in [1.807, 2.05) is 0 Å². The summed E-state index contributed by atoms with van der Waals surface area (Å²) in [6, 6.07) is 2.26. The number of nitrogens with two attached hydrogens (primary N) is 1. The second-order valence-corrected chi connectivity index (χ2v) is 5.26. The maximum atomic E-state index is 11.2. The summed E-state index contributed by atoms with van der Waals surface area (Å²) in [5.74, 6) is -0.566. The Morgan fingerprint density at radius 3 is 3.11 bits per heavy atom. The second kappa shape index (κ2) is 4.70. The van der Waals surface area contributed by atoms with Crippen LogP contribution in [0.25, 0.3) is 0 Å². The lowest BCUT2D eigenvalue weighted by atomic mass is 10.1. The molecule has 0 amide bonds. The van der Waals surface area contributed by atoms with Crippen LogP contribution in [0.5, 0.6) is 0 Å². The molecule has 2 atom stereocenters. The van der Waals surface area contributed by atoms with Gasteiger partial charge in [0.1, 0.15) is 11.4 Å². The molecule has 19 heavy (non-hydrogen) atoms. The van der Waals surface area contributed by atoms with Crippen molar-refractivity contribution in [3.8, 4) is 0 Å². The van der Waals surface area contributed by atoms with E-state index < -0.39 is 5.97 Å². The molecular formula is C13H18N4O2. The van der Waals surface area contributed by atoms with Crippen molar-refractivity contribution < 1.29 is 9.90 Å². The van der Waals surface area contributed by atoms with Gasteiger partial charge in [0.05, 0.1) is 11.9 Å². The van der Waals surface area contributed by atoms with Crippen molar-refractivity contribution in [1.82, 2.24) is 9.88 Å². The molecule has 0 spiro atoms. The Labute approximate surface area is 111 Å². The first kappa shape index (κ1) is 12.2. The predicted octanol–water partition coefficient (Wildman–Crippen LogP) is 1.01. The molecule has 2 aliphatic heterocycles. The number of pyridine rings is 1. The molecule has 0 saturated carbocycles. The lowest BCUT2D eigenvalue weighted by Gasteiger charge is -2.22. The first-order valence-corrected chi connectivity index (χ1v) is 6.64. The number of rotatable bonds is 3. The molecule has 1 aromatic rings.